The van der Waals surface area contributed by atoms with Crippen LogP contribution in [0.15, 0.2) is 115 Å². The van der Waals surface area contributed by atoms with Crippen LogP contribution in [-0.4, -0.2) is 49.3 Å². The number of aliphatic hydroxyl groups is 1. The lowest BCUT2D eigenvalue weighted by Gasteiger charge is -2.43. The predicted molar refractivity (Wildman–Crippen MR) is 201 cm³/mol. The highest BCUT2D eigenvalue weighted by Gasteiger charge is 2.39. The summed E-state index contributed by atoms with van der Waals surface area (Å²) in [6.45, 7) is 5.07. The van der Waals surface area contributed by atoms with Gasteiger partial charge in [-0.2, -0.15) is 0 Å². The van der Waals surface area contributed by atoms with Gasteiger partial charge in [0.1, 0.15) is 0 Å². The van der Waals surface area contributed by atoms with Crippen molar-refractivity contribution in [1.29, 1.82) is 0 Å². The molecule has 0 spiro atoms. The van der Waals surface area contributed by atoms with Crippen molar-refractivity contribution in [1.82, 2.24) is 10.2 Å². The molecule has 0 aromatic heterocycles. The monoisotopic (exact) mass is 698 g/mol. The Balaban J connectivity index is 1.11. The van der Waals surface area contributed by atoms with Crippen LogP contribution < -0.4 is 14.8 Å². The Kier molecular flexibility index (Phi) is 11.0. The number of hydrogen-bond donors (Lipinski definition) is 2. The maximum atomic E-state index is 12.8. The molecule has 8 heteroatoms. The van der Waals surface area contributed by atoms with Gasteiger partial charge >= 0.3 is 0 Å². The van der Waals surface area contributed by atoms with Gasteiger partial charge < -0.3 is 29.4 Å². The first-order valence-electron chi connectivity index (χ1n) is 17.9. The highest BCUT2D eigenvalue weighted by atomic mass is 16.7. The first-order chi connectivity index (χ1) is 25.4. The summed E-state index contributed by atoms with van der Waals surface area (Å²) in [7, 11) is 3.35. The molecule has 4 unspecified atom stereocenters. The molecule has 0 aliphatic carbocycles. The van der Waals surface area contributed by atoms with Crippen molar-refractivity contribution in [2.24, 2.45) is 5.92 Å². The molecule has 8 nitrogen and oxygen atoms in total. The maximum Gasteiger partial charge on any atom is 0.251 e. The van der Waals surface area contributed by atoms with Gasteiger partial charge in [0, 0.05) is 43.2 Å². The second kappa shape index (κ2) is 16.1. The Morgan fingerprint density at radius 1 is 0.827 bits per heavy atom. The average Bonchev–Trinajstić information content (AvgIpc) is 3.20. The van der Waals surface area contributed by atoms with Gasteiger partial charge in [0.05, 0.1) is 33.0 Å². The van der Waals surface area contributed by atoms with Gasteiger partial charge in [-0.3, -0.25) is 9.69 Å². The molecule has 1 fully saturated rings. The van der Waals surface area contributed by atoms with E-state index in [1.165, 1.54) is 11.1 Å². The number of carbonyl (C=O) groups is 1. The number of carbonyl (C=O) groups excluding carboxylic acids is 1. The minimum atomic E-state index is -0.570. The SMILES string of the molecule is COc1cc2c(cc1OC)CN(CC1OC(c3ccc(-c4ccccc4CNC(=O)c4ccccc4)cc3)OC(c3ccc(CO)cc3)C1C)CC2. The van der Waals surface area contributed by atoms with Crippen molar-refractivity contribution >= 4 is 5.91 Å². The van der Waals surface area contributed by atoms with Gasteiger partial charge in [0.2, 0.25) is 0 Å². The molecule has 1 amide bonds. The topological polar surface area (TPSA) is 89.5 Å². The minimum Gasteiger partial charge on any atom is -0.493 e. The Hall–Kier alpha value is -4.99. The standard InChI is InChI=1S/C44H46N2O6/c1-29-41(27-46-22-21-35-23-39(49-2)40(50-3)24-37(35)26-46)51-44(52-42(29)32-15-13-30(28-47)14-16-32)34-19-17-31(18-20-34)38-12-8-7-11-36(38)25-45-43(48)33-9-5-4-6-10-33/h4-20,23-24,29,41-42,44,47H,21-22,25-28H2,1-3H3,(H,45,48). The van der Waals surface area contributed by atoms with Gasteiger partial charge in [-0.15, -0.1) is 0 Å². The molecule has 4 atom stereocenters. The van der Waals surface area contributed by atoms with Crippen molar-refractivity contribution in [3.8, 4) is 22.6 Å². The molecule has 268 valence electrons. The van der Waals surface area contributed by atoms with Crippen LogP contribution in [0.25, 0.3) is 11.1 Å². The zero-order chi connectivity index (χ0) is 36.0. The highest BCUT2D eigenvalue weighted by molar-refractivity contribution is 5.94. The number of rotatable bonds is 11. The van der Waals surface area contributed by atoms with Crippen LogP contribution in [0.1, 0.15) is 63.1 Å². The lowest BCUT2D eigenvalue weighted by molar-refractivity contribution is -0.276. The van der Waals surface area contributed by atoms with E-state index in [2.05, 4.69) is 71.7 Å². The first kappa shape index (κ1) is 35.4. The van der Waals surface area contributed by atoms with Gasteiger partial charge in [-0.1, -0.05) is 97.9 Å². The molecule has 1 saturated heterocycles. The van der Waals surface area contributed by atoms with E-state index in [1.807, 2.05) is 60.7 Å². The van der Waals surface area contributed by atoms with Crippen LogP contribution in [-0.2, 0) is 35.6 Å². The minimum absolute atomic E-state index is 0.00230. The Labute approximate surface area is 305 Å². The second-order valence-electron chi connectivity index (χ2n) is 13.6. The lowest BCUT2D eigenvalue weighted by atomic mass is 9.89. The summed E-state index contributed by atoms with van der Waals surface area (Å²) >= 11 is 0. The van der Waals surface area contributed by atoms with E-state index in [0.717, 1.165) is 70.9 Å². The van der Waals surface area contributed by atoms with E-state index in [4.69, 9.17) is 18.9 Å². The third-order valence-corrected chi connectivity index (χ3v) is 10.3. The van der Waals surface area contributed by atoms with Crippen LogP contribution in [0.5, 0.6) is 11.5 Å². The number of aliphatic hydroxyl groups excluding tert-OH is 1. The van der Waals surface area contributed by atoms with Crippen molar-refractivity contribution < 1.29 is 28.8 Å². The number of hydrogen-bond acceptors (Lipinski definition) is 7. The Morgan fingerprint density at radius 3 is 2.21 bits per heavy atom. The van der Waals surface area contributed by atoms with E-state index in [0.29, 0.717) is 12.1 Å². The molecule has 52 heavy (non-hydrogen) atoms. The summed E-state index contributed by atoms with van der Waals surface area (Å²) in [5.74, 6) is 1.47. The third kappa shape index (κ3) is 7.76. The van der Waals surface area contributed by atoms with E-state index in [-0.39, 0.29) is 30.6 Å². The maximum absolute atomic E-state index is 12.8. The molecular formula is C44H46N2O6. The van der Waals surface area contributed by atoms with Crippen LogP contribution in [0.2, 0.25) is 0 Å². The molecule has 5 aromatic carbocycles. The Morgan fingerprint density at radius 2 is 1.50 bits per heavy atom. The first-order valence-corrected chi connectivity index (χ1v) is 17.9. The molecule has 0 radical (unpaired) electrons. The van der Waals surface area contributed by atoms with Crippen LogP contribution in [0.3, 0.4) is 0 Å². The number of nitrogens with zero attached hydrogens (tertiary/aromatic N) is 1. The fourth-order valence-corrected chi connectivity index (χ4v) is 7.32. The smallest absolute Gasteiger partial charge is 0.251 e. The summed E-state index contributed by atoms with van der Waals surface area (Å²) in [6.07, 6.45) is 0.0458. The van der Waals surface area contributed by atoms with E-state index < -0.39 is 6.29 Å². The quantitative estimate of drug-likeness (QED) is 0.147. The molecule has 5 aromatic rings. The number of amides is 1. The van der Waals surface area contributed by atoms with E-state index >= 15 is 0 Å². The second-order valence-corrected chi connectivity index (χ2v) is 13.6. The Bertz CT molecular complexity index is 1960. The zero-order valence-electron chi connectivity index (χ0n) is 30.0. The summed E-state index contributed by atoms with van der Waals surface area (Å²) in [5.41, 5.74) is 9.17. The van der Waals surface area contributed by atoms with Gasteiger partial charge in [0.15, 0.2) is 17.8 Å². The fraction of sp³-hybridized carbons (Fsp3) is 0.295. The molecular weight excluding hydrogens is 652 g/mol. The molecule has 2 N–H and O–H groups in total. The molecule has 0 bridgehead atoms. The van der Waals surface area contributed by atoms with Crippen LogP contribution in [0.4, 0.5) is 0 Å². The number of methoxy groups -OCH3 is 2. The van der Waals surface area contributed by atoms with Crippen molar-refractivity contribution in [2.45, 2.75) is 51.5 Å². The van der Waals surface area contributed by atoms with E-state index in [9.17, 15) is 9.90 Å². The third-order valence-electron chi connectivity index (χ3n) is 10.3. The highest BCUT2D eigenvalue weighted by Crippen LogP contribution is 2.43. The molecule has 2 aliphatic rings. The summed E-state index contributed by atoms with van der Waals surface area (Å²) < 4.78 is 24.8. The molecule has 7 rings (SSSR count). The van der Waals surface area contributed by atoms with Crippen molar-refractivity contribution in [2.75, 3.05) is 27.3 Å². The average molecular weight is 699 g/mol. The predicted octanol–water partition coefficient (Wildman–Crippen LogP) is 7.64. The van der Waals surface area contributed by atoms with Crippen molar-refractivity contribution in [3.05, 3.63) is 154 Å². The zero-order valence-corrected chi connectivity index (χ0v) is 30.0. The fourth-order valence-electron chi connectivity index (χ4n) is 7.32. The lowest BCUT2D eigenvalue weighted by Crippen LogP contribution is -2.45. The van der Waals surface area contributed by atoms with Crippen LogP contribution >= 0.6 is 0 Å². The largest absolute Gasteiger partial charge is 0.493 e. The molecule has 0 saturated carbocycles. The summed E-state index contributed by atoms with van der Waals surface area (Å²) in [4.78, 5) is 15.2. The van der Waals surface area contributed by atoms with Gasteiger partial charge in [-0.25, -0.2) is 0 Å². The molecule has 2 aliphatic heterocycles. The number of benzene rings is 5. The molecule has 2 heterocycles. The normalized spacial score (nSPS) is 20.2. The van der Waals surface area contributed by atoms with E-state index in [1.54, 1.807) is 14.2 Å². The van der Waals surface area contributed by atoms with Crippen LogP contribution in [0, 0.1) is 5.92 Å². The summed E-state index contributed by atoms with van der Waals surface area (Å²) in [5, 5.41) is 12.7. The van der Waals surface area contributed by atoms with Crippen molar-refractivity contribution in [3.63, 3.8) is 0 Å². The van der Waals surface area contributed by atoms with Gasteiger partial charge in [0.25, 0.3) is 5.91 Å². The summed E-state index contributed by atoms with van der Waals surface area (Å²) in [6, 6.07) is 38.0. The number of fused-ring (bicyclic) bond motifs is 1. The number of ether oxygens (including phenoxy) is 4. The van der Waals surface area contributed by atoms with Gasteiger partial charge in [-0.05, 0) is 69.6 Å². The number of nitrogens with one attached hydrogen (secondary N) is 1.